The molecular weight excluding hydrogens is 228 g/mol. The Bertz CT molecular complexity index is 526. The lowest BCUT2D eigenvalue weighted by molar-refractivity contribution is 0.430. The van der Waals surface area contributed by atoms with Crippen molar-refractivity contribution < 1.29 is 4.42 Å². The van der Waals surface area contributed by atoms with Crippen LogP contribution in [0.15, 0.2) is 28.7 Å². The van der Waals surface area contributed by atoms with Gasteiger partial charge < -0.3 is 14.6 Å². The van der Waals surface area contributed by atoms with Crippen LogP contribution >= 0.6 is 0 Å². The normalized spacial score (nSPS) is 15.8. The van der Waals surface area contributed by atoms with E-state index in [-0.39, 0.29) is 6.04 Å². The standard InChI is InChI=1S/C13H16N4O/c1-9(14-2)12-15-16-13(18-12)17-7-10-5-3-4-6-11(10)8-17/h3-6,9,14H,7-8H2,1-2H3. The van der Waals surface area contributed by atoms with Crippen LogP contribution in [0, 0.1) is 0 Å². The summed E-state index contributed by atoms with van der Waals surface area (Å²) in [7, 11) is 1.88. The molecule has 1 N–H and O–H groups in total. The number of fused-ring (bicyclic) bond motifs is 1. The summed E-state index contributed by atoms with van der Waals surface area (Å²) in [5.74, 6) is 0.628. The first kappa shape index (κ1) is 11.2. The highest BCUT2D eigenvalue weighted by Crippen LogP contribution is 2.27. The molecule has 3 rings (SSSR count). The van der Waals surface area contributed by atoms with Crippen molar-refractivity contribution in [1.29, 1.82) is 0 Å². The average molecular weight is 244 g/mol. The third-order valence-electron chi connectivity index (χ3n) is 3.34. The van der Waals surface area contributed by atoms with Gasteiger partial charge in [-0.25, -0.2) is 0 Å². The summed E-state index contributed by atoms with van der Waals surface area (Å²) in [4.78, 5) is 2.10. The van der Waals surface area contributed by atoms with Crippen LogP contribution < -0.4 is 10.2 Å². The van der Waals surface area contributed by atoms with E-state index in [1.54, 1.807) is 0 Å². The molecule has 1 aromatic carbocycles. The number of nitrogens with one attached hydrogen (secondary N) is 1. The van der Waals surface area contributed by atoms with Gasteiger partial charge in [0.2, 0.25) is 5.89 Å². The predicted octanol–water partition coefficient (Wildman–Crippen LogP) is 1.87. The smallest absolute Gasteiger partial charge is 0.318 e. The SMILES string of the molecule is CNC(C)c1nnc(N2Cc3ccccc3C2)o1. The van der Waals surface area contributed by atoms with Crippen LogP contribution in [0.1, 0.15) is 30.0 Å². The second-order valence-corrected chi connectivity index (χ2v) is 4.56. The Morgan fingerprint density at radius 3 is 2.50 bits per heavy atom. The molecular formula is C13H16N4O. The molecule has 1 atom stereocenters. The molecule has 0 aliphatic carbocycles. The van der Waals surface area contributed by atoms with Gasteiger partial charge in [0.25, 0.3) is 0 Å². The van der Waals surface area contributed by atoms with Crippen molar-refractivity contribution in [3.63, 3.8) is 0 Å². The summed E-state index contributed by atoms with van der Waals surface area (Å²) >= 11 is 0. The van der Waals surface area contributed by atoms with E-state index >= 15 is 0 Å². The van der Waals surface area contributed by atoms with Crippen molar-refractivity contribution in [2.45, 2.75) is 26.1 Å². The van der Waals surface area contributed by atoms with Gasteiger partial charge in [0.1, 0.15) is 0 Å². The van der Waals surface area contributed by atoms with E-state index in [1.165, 1.54) is 11.1 Å². The van der Waals surface area contributed by atoms with Gasteiger partial charge in [0.05, 0.1) is 6.04 Å². The molecule has 0 fully saturated rings. The van der Waals surface area contributed by atoms with E-state index in [0.29, 0.717) is 11.9 Å². The first-order valence-electron chi connectivity index (χ1n) is 6.10. The number of benzene rings is 1. The molecule has 1 unspecified atom stereocenters. The zero-order valence-corrected chi connectivity index (χ0v) is 10.6. The molecule has 2 heterocycles. The maximum atomic E-state index is 5.69. The van der Waals surface area contributed by atoms with E-state index in [9.17, 15) is 0 Å². The molecule has 0 saturated carbocycles. The largest absolute Gasteiger partial charge is 0.406 e. The third kappa shape index (κ3) is 1.86. The number of aromatic nitrogens is 2. The van der Waals surface area contributed by atoms with Crippen LogP contribution in [-0.2, 0) is 13.1 Å². The van der Waals surface area contributed by atoms with Crippen molar-refractivity contribution in [1.82, 2.24) is 15.5 Å². The number of rotatable bonds is 3. The molecule has 94 valence electrons. The van der Waals surface area contributed by atoms with Gasteiger partial charge in [-0.3, -0.25) is 0 Å². The Morgan fingerprint density at radius 2 is 1.89 bits per heavy atom. The molecule has 0 bridgehead atoms. The minimum absolute atomic E-state index is 0.0798. The van der Waals surface area contributed by atoms with Crippen molar-refractivity contribution in [3.8, 4) is 0 Å². The second-order valence-electron chi connectivity index (χ2n) is 4.56. The molecule has 0 spiro atoms. The highest BCUT2D eigenvalue weighted by atomic mass is 16.4. The number of hydrogen-bond donors (Lipinski definition) is 1. The highest BCUT2D eigenvalue weighted by Gasteiger charge is 2.23. The molecule has 2 aromatic rings. The summed E-state index contributed by atoms with van der Waals surface area (Å²) in [6.45, 7) is 3.67. The zero-order valence-electron chi connectivity index (χ0n) is 10.6. The lowest BCUT2D eigenvalue weighted by Gasteiger charge is -2.11. The van der Waals surface area contributed by atoms with Gasteiger partial charge in [-0.1, -0.05) is 29.4 Å². The number of nitrogens with zero attached hydrogens (tertiary/aromatic N) is 3. The van der Waals surface area contributed by atoms with Gasteiger partial charge in [0, 0.05) is 13.1 Å². The maximum absolute atomic E-state index is 5.69. The zero-order chi connectivity index (χ0) is 12.5. The quantitative estimate of drug-likeness (QED) is 0.893. The molecule has 1 aliphatic rings. The number of anilines is 1. The topological polar surface area (TPSA) is 54.2 Å². The van der Waals surface area contributed by atoms with Crippen LogP contribution in [0.25, 0.3) is 0 Å². The van der Waals surface area contributed by atoms with Gasteiger partial charge in [-0.05, 0) is 25.1 Å². The molecule has 18 heavy (non-hydrogen) atoms. The van der Waals surface area contributed by atoms with Crippen LogP contribution in [0.5, 0.6) is 0 Å². The molecule has 5 nitrogen and oxygen atoms in total. The summed E-state index contributed by atoms with van der Waals surface area (Å²) in [6.07, 6.45) is 0. The highest BCUT2D eigenvalue weighted by molar-refractivity contribution is 5.41. The van der Waals surface area contributed by atoms with Crippen LogP contribution in [0.2, 0.25) is 0 Å². The fourth-order valence-electron chi connectivity index (χ4n) is 2.12. The summed E-state index contributed by atoms with van der Waals surface area (Å²) in [6, 6.07) is 9.08. The summed E-state index contributed by atoms with van der Waals surface area (Å²) in [5.41, 5.74) is 2.66. The van der Waals surface area contributed by atoms with E-state index in [2.05, 4.69) is 44.7 Å². The average Bonchev–Trinajstić information content (AvgIpc) is 3.03. The minimum Gasteiger partial charge on any atom is -0.406 e. The molecule has 1 aliphatic heterocycles. The van der Waals surface area contributed by atoms with E-state index in [1.807, 2.05) is 14.0 Å². The third-order valence-corrected chi connectivity index (χ3v) is 3.34. The lowest BCUT2D eigenvalue weighted by atomic mass is 10.1. The minimum atomic E-state index is 0.0798. The first-order chi connectivity index (χ1) is 8.78. The van der Waals surface area contributed by atoms with Gasteiger partial charge >= 0.3 is 6.01 Å². The lowest BCUT2D eigenvalue weighted by Crippen LogP contribution is -2.15. The van der Waals surface area contributed by atoms with Crippen molar-refractivity contribution in [2.75, 3.05) is 11.9 Å². The summed E-state index contributed by atoms with van der Waals surface area (Å²) in [5, 5.41) is 11.3. The Hall–Kier alpha value is -1.88. The van der Waals surface area contributed by atoms with E-state index < -0.39 is 0 Å². The van der Waals surface area contributed by atoms with Gasteiger partial charge in [-0.2, -0.15) is 0 Å². The van der Waals surface area contributed by atoms with Crippen LogP contribution in [0.3, 0.4) is 0 Å². The maximum Gasteiger partial charge on any atom is 0.318 e. The number of hydrogen-bond acceptors (Lipinski definition) is 5. The predicted molar refractivity (Wildman–Crippen MR) is 68.1 cm³/mol. The monoisotopic (exact) mass is 244 g/mol. The van der Waals surface area contributed by atoms with Crippen molar-refractivity contribution in [2.24, 2.45) is 0 Å². The second kappa shape index (κ2) is 4.42. The summed E-state index contributed by atoms with van der Waals surface area (Å²) < 4.78 is 5.69. The van der Waals surface area contributed by atoms with Crippen molar-refractivity contribution >= 4 is 6.01 Å². The van der Waals surface area contributed by atoms with Crippen LogP contribution in [-0.4, -0.2) is 17.2 Å². The Kier molecular flexibility index (Phi) is 2.76. The fourth-order valence-corrected chi connectivity index (χ4v) is 2.12. The Morgan fingerprint density at radius 1 is 1.22 bits per heavy atom. The fraction of sp³-hybridized carbons (Fsp3) is 0.385. The molecule has 1 aromatic heterocycles. The van der Waals surface area contributed by atoms with Gasteiger partial charge in [0.15, 0.2) is 0 Å². The Labute approximate surface area is 106 Å². The molecule has 0 saturated heterocycles. The van der Waals surface area contributed by atoms with E-state index in [4.69, 9.17) is 4.42 Å². The molecule has 0 amide bonds. The molecule has 5 heteroatoms. The first-order valence-corrected chi connectivity index (χ1v) is 6.10. The van der Waals surface area contributed by atoms with Crippen LogP contribution in [0.4, 0.5) is 6.01 Å². The Balaban J connectivity index is 1.80. The van der Waals surface area contributed by atoms with Gasteiger partial charge in [-0.15, -0.1) is 5.10 Å². The molecule has 0 radical (unpaired) electrons. The van der Waals surface area contributed by atoms with Crippen molar-refractivity contribution in [3.05, 3.63) is 41.3 Å². The van der Waals surface area contributed by atoms with E-state index in [0.717, 1.165) is 13.1 Å².